The number of nitrogens with zero attached hydrogens (tertiary/aromatic N) is 3. The Morgan fingerprint density at radius 3 is 2.59 bits per heavy atom. The fourth-order valence-electron chi connectivity index (χ4n) is 4.03. The zero-order valence-corrected chi connectivity index (χ0v) is 19.3. The van der Waals surface area contributed by atoms with Gasteiger partial charge in [-0.1, -0.05) is 12.1 Å². The van der Waals surface area contributed by atoms with Crippen molar-refractivity contribution in [2.75, 3.05) is 37.7 Å². The molecule has 164 valence electrons. The van der Waals surface area contributed by atoms with Gasteiger partial charge in [-0.05, 0) is 76.7 Å². The molecule has 7 heteroatoms. The van der Waals surface area contributed by atoms with Gasteiger partial charge in [-0.15, -0.1) is 0 Å². The first-order chi connectivity index (χ1) is 15.6. The highest BCUT2D eigenvalue weighted by Crippen LogP contribution is 2.40. The molecule has 0 aromatic heterocycles. The van der Waals surface area contributed by atoms with Crippen LogP contribution in [0.3, 0.4) is 0 Å². The van der Waals surface area contributed by atoms with Gasteiger partial charge in [0.25, 0.3) is 5.91 Å². The standard InChI is InChI=1S/C25H24BrN3O3/c26-22-13-20(5-8-23(22)31-12-11-28-15-17(14-27)16-28)29-10-9-24(25(29)30)32-21-6-3-19(4-7-21)18-1-2-18/h3-9,13,17-18H,1-2,10-12,15-16H2. The number of likely N-dealkylation sites (tertiary alicyclic amines) is 1. The van der Waals surface area contributed by atoms with E-state index >= 15 is 0 Å². The molecule has 1 aliphatic carbocycles. The number of ether oxygens (including phenoxy) is 2. The summed E-state index contributed by atoms with van der Waals surface area (Å²) in [6.45, 7) is 3.45. The Balaban J connectivity index is 1.15. The third-order valence-electron chi connectivity index (χ3n) is 6.10. The monoisotopic (exact) mass is 493 g/mol. The fraction of sp³-hybridized carbons (Fsp3) is 0.360. The van der Waals surface area contributed by atoms with Crippen molar-refractivity contribution in [3.8, 4) is 17.6 Å². The first-order valence-corrected chi connectivity index (χ1v) is 11.7. The maximum absolute atomic E-state index is 12.9. The van der Waals surface area contributed by atoms with Crippen molar-refractivity contribution in [3.63, 3.8) is 0 Å². The molecule has 0 N–H and O–H groups in total. The quantitative estimate of drug-likeness (QED) is 0.542. The van der Waals surface area contributed by atoms with Crippen LogP contribution in [0.4, 0.5) is 5.69 Å². The predicted octanol–water partition coefficient (Wildman–Crippen LogP) is 4.47. The molecule has 0 atom stereocenters. The van der Waals surface area contributed by atoms with E-state index in [1.807, 2.05) is 36.4 Å². The van der Waals surface area contributed by atoms with Gasteiger partial charge < -0.3 is 14.4 Å². The Morgan fingerprint density at radius 2 is 1.91 bits per heavy atom. The normalized spacial score (nSPS) is 18.8. The van der Waals surface area contributed by atoms with Crippen molar-refractivity contribution in [1.82, 2.24) is 4.90 Å². The molecular weight excluding hydrogens is 470 g/mol. The number of carbonyl (C=O) groups excluding carboxylic acids is 1. The third-order valence-corrected chi connectivity index (χ3v) is 6.72. The summed E-state index contributed by atoms with van der Waals surface area (Å²) < 4.78 is 12.5. The zero-order chi connectivity index (χ0) is 22.1. The van der Waals surface area contributed by atoms with Gasteiger partial charge in [0.2, 0.25) is 0 Å². The number of hydrogen-bond donors (Lipinski definition) is 0. The molecule has 0 radical (unpaired) electrons. The molecule has 1 saturated carbocycles. The molecule has 1 amide bonds. The molecule has 2 aromatic rings. The molecule has 5 rings (SSSR count). The van der Waals surface area contributed by atoms with E-state index in [2.05, 4.69) is 39.0 Å². The van der Waals surface area contributed by atoms with Crippen molar-refractivity contribution in [1.29, 1.82) is 5.26 Å². The van der Waals surface area contributed by atoms with Gasteiger partial charge in [-0.2, -0.15) is 5.26 Å². The summed E-state index contributed by atoms with van der Waals surface area (Å²) in [5.74, 6) is 2.47. The minimum absolute atomic E-state index is 0.151. The number of anilines is 1. The van der Waals surface area contributed by atoms with Gasteiger partial charge in [0, 0.05) is 31.9 Å². The lowest BCUT2D eigenvalue weighted by molar-refractivity contribution is -0.116. The molecule has 2 aliphatic heterocycles. The van der Waals surface area contributed by atoms with E-state index in [0.29, 0.717) is 30.6 Å². The van der Waals surface area contributed by atoms with Gasteiger partial charge in [0.15, 0.2) is 5.76 Å². The maximum Gasteiger partial charge on any atom is 0.294 e. The lowest BCUT2D eigenvalue weighted by Gasteiger charge is -2.34. The summed E-state index contributed by atoms with van der Waals surface area (Å²) in [4.78, 5) is 16.8. The van der Waals surface area contributed by atoms with Crippen LogP contribution in [0.1, 0.15) is 24.3 Å². The van der Waals surface area contributed by atoms with Crippen molar-refractivity contribution in [2.45, 2.75) is 18.8 Å². The van der Waals surface area contributed by atoms with Crippen molar-refractivity contribution < 1.29 is 14.3 Å². The molecule has 6 nitrogen and oxygen atoms in total. The first kappa shape index (κ1) is 21.0. The SMILES string of the molecule is N#CC1CN(CCOc2ccc(N3CC=C(Oc4ccc(C5CC5)cc4)C3=O)cc2Br)C1. The van der Waals surface area contributed by atoms with E-state index in [-0.39, 0.29) is 11.8 Å². The number of hydrogen-bond acceptors (Lipinski definition) is 5. The molecule has 0 unspecified atom stereocenters. The van der Waals surface area contributed by atoms with Crippen LogP contribution in [0.25, 0.3) is 0 Å². The highest BCUT2D eigenvalue weighted by molar-refractivity contribution is 9.10. The minimum atomic E-state index is -0.151. The lowest BCUT2D eigenvalue weighted by Crippen LogP contribution is -2.47. The number of benzene rings is 2. The Bertz CT molecular complexity index is 1080. The van der Waals surface area contributed by atoms with E-state index in [1.54, 1.807) is 4.90 Å². The van der Waals surface area contributed by atoms with Crippen LogP contribution in [0.15, 0.2) is 58.8 Å². The number of carbonyl (C=O) groups is 1. The Kier molecular flexibility index (Phi) is 5.90. The highest BCUT2D eigenvalue weighted by Gasteiger charge is 2.29. The average molecular weight is 494 g/mol. The van der Waals surface area contributed by atoms with Crippen molar-refractivity contribution in [3.05, 3.63) is 64.3 Å². The summed E-state index contributed by atoms with van der Waals surface area (Å²) in [5, 5.41) is 8.84. The lowest BCUT2D eigenvalue weighted by atomic mass is 10.0. The third kappa shape index (κ3) is 4.52. The van der Waals surface area contributed by atoms with Crippen LogP contribution < -0.4 is 14.4 Å². The fourth-order valence-corrected chi connectivity index (χ4v) is 4.51. The predicted molar refractivity (Wildman–Crippen MR) is 125 cm³/mol. The summed E-state index contributed by atoms with van der Waals surface area (Å²) in [5.41, 5.74) is 2.13. The molecule has 0 bridgehead atoms. The molecule has 2 fully saturated rings. The van der Waals surface area contributed by atoms with Crippen LogP contribution in [-0.4, -0.2) is 43.6 Å². The number of rotatable bonds is 8. The largest absolute Gasteiger partial charge is 0.491 e. The number of halogens is 1. The van der Waals surface area contributed by atoms with E-state index in [0.717, 1.165) is 35.5 Å². The first-order valence-electron chi connectivity index (χ1n) is 10.9. The smallest absolute Gasteiger partial charge is 0.294 e. The van der Waals surface area contributed by atoms with Crippen LogP contribution in [-0.2, 0) is 4.79 Å². The van der Waals surface area contributed by atoms with Gasteiger partial charge in [0.1, 0.15) is 18.1 Å². The van der Waals surface area contributed by atoms with Crippen LogP contribution in [0.2, 0.25) is 0 Å². The molecule has 0 spiro atoms. The van der Waals surface area contributed by atoms with E-state index in [4.69, 9.17) is 14.7 Å². The second kappa shape index (κ2) is 8.97. The molecule has 3 aliphatic rings. The summed E-state index contributed by atoms with van der Waals surface area (Å²) in [7, 11) is 0. The molecule has 1 saturated heterocycles. The summed E-state index contributed by atoms with van der Waals surface area (Å²) in [6.07, 6.45) is 4.34. The minimum Gasteiger partial charge on any atom is -0.491 e. The Labute approximate surface area is 196 Å². The zero-order valence-electron chi connectivity index (χ0n) is 17.7. The maximum atomic E-state index is 12.9. The summed E-state index contributed by atoms with van der Waals surface area (Å²) in [6, 6.07) is 16.0. The highest BCUT2D eigenvalue weighted by atomic mass is 79.9. The van der Waals surface area contributed by atoms with Gasteiger partial charge in [-0.3, -0.25) is 9.69 Å². The van der Waals surface area contributed by atoms with Gasteiger partial charge >= 0.3 is 0 Å². The molecular formula is C25H24BrN3O3. The molecule has 2 heterocycles. The van der Waals surface area contributed by atoms with Crippen LogP contribution in [0, 0.1) is 17.2 Å². The van der Waals surface area contributed by atoms with Crippen molar-refractivity contribution >= 4 is 27.5 Å². The Morgan fingerprint density at radius 1 is 1.12 bits per heavy atom. The van der Waals surface area contributed by atoms with Crippen LogP contribution in [0.5, 0.6) is 11.5 Å². The molecule has 2 aromatic carbocycles. The van der Waals surface area contributed by atoms with Gasteiger partial charge in [-0.25, -0.2) is 0 Å². The van der Waals surface area contributed by atoms with E-state index in [9.17, 15) is 4.79 Å². The van der Waals surface area contributed by atoms with Crippen LogP contribution >= 0.6 is 15.9 Å². The Hall–Kier alpha value is -2.82. The van der Waals surface area contributed by atoms with E-state index < -0.39 is 0 Å². The molecule has 32 heavy (non-hydrogen) atoms. The van der Waals surface area contributed by atoms with Gasteiger partial charge in [0.05, 0.1) is 16.5 Å². The second-order valence-corrected chi connectivity index (χ2v) is 9.33. The topological polar surface area (TPSA) is 65.8 Å². The number of amides is 1. The van der Waals surface area contributed by atoms with Crippen molar-refractivity contribution in [2.24, 2.45) is 5.92 Å². The second-order valence-electron chi connectivity index (χ2n) is 8.48. The number of nitriles is 1. The summed E-state index contributed by atoms with van der Waals surface area (Å²) >= 11 is 3.56. The average Bonchev–Trinajstić information content (AvgIpc) is 3.56. The van der Waals surface area contributed by atoms with E-state index in [1.165, 1.54) is 18.4 Å².